The molecule has 0 fully saturated rings. The Morgan fingerprint density at radius 3 is 2.89 bits per heavy atom. The van der Waals surface area contributed by atoms with Crippen molar-refractivity contribution in [3.63, 3.8) is 0 Å². The third kappa shape index (κ3) is 2.37. The minimum absolute atomic E-state index is 0.0887. The molecule has 0 radical (unpaired) electrons. The molecule has 6 heteroatoms. The highest BCUT2D eigenvalue weighted by Crippen LogP contribution is 2.21. The molecular formula is C12H12FN3O2. The Balaban J connectivity index is 2.49. The maximum atomic E-state index is 13.4. The molecule has 1 N–H and O–H groups in total. The number of halogens is 1. The van der Waals surface area contributed by atoms with Gasteiger partial charge < -0.3 is 5.11 Å². The summed E-state index contributed by atoms with van der Waals surface area (Å²) in [6.07, 6.45) is 2.35. The van der Waals surface area contributed by atoms with Gasteiger partial charge in [0.05, 0.1) is 17.5 Å². The third-order valence-corrected chi connectivity index (χ3v) is 2.49. The number of hydrogen-bond acceptors (Lipinski definition) is 3. The Morgan fingerprint density at radius 2 is 2.22 bits per heavy atom. The highest BCUT2D eigenvalue weighted by Gasteiger charge is 2.12. The molecule has 0 aliphatic heterocycles. The van der Waals surface area contributed by atoms with E-state index in [1.54, 1.807) is 4.68 Å². The minimum atomic E-state index is -1.16. The van der Waals surface area contributed by atoms with Gasteiger partial charge in [-0.3, -0.25) is 0 Å². The van der Waals surface area contributed by atoms with Crippen LogP contribution >= 0.6 is 0 Å². The topological polar surface area (TPSA) is 68.0 Å². The number of benzene rings is 1. The average Bonchev–Trinajstić information content (AvgIpc) is 2.77. The van der Waals surface area contributed by atoms with Crippen LogP contribution in [0.5, 0.6) is 0 Å². The van der Waals surface area contributed by atoms with Crippen molar-refractivity contribution in [2.75, 3.05) is 0 Å². The van der Waals surface area contributed by atoms with E-state index in [0.29, 0.717) is 17.8 Å². The highest BCUT2D eigenvalue weighted by atomic mass is 19.1. The van der Waals surface area contributed by atoms with Gasteiger partial charge in [0, 0.05) is 12.1 Å². The molecule has 0 aliphatic rings. The van der Waals surface area contributed by atoms with E-state index in [2.05, 4.69) is 10.3 Å². The number of carboxylic acid groups (broad SMARTS) is 1. The summed E-state index contributed by atoms with van der Waals surface area (Å²) in [7, 11) is 0. The van der Waals surface area contributed by atoms with E-state index in [9.17, 15) is 9.18 Å². The van der Waals surface area contributed by atoms with Gasteiger partial charge in [0.1, 0.15) is 5.82 Å². The van der Waals surface area contributed by atoms with E-state index < -0.39 is 11.8 Å². The molecule has 18 heavy (non-hydrogen) atoms. The van der Waals surface area contributed by atoms with Crippen LogP contribution in [0.4, 0.5) is 4.39 Å². The maximum absolute atomic E-state index is 13.4. The lowest BCUT2D eigenvalue weighted by molar-refractivity contribution is 0.0696. The fourth-order valence-corrected chi connectivity index (χ4v) is 1.72. The van der Waals surface area contributed by atoms with Crippen LogP contribution in [0.25, 0.3) is 11.3 Å². The molecule has 0 bridgehead atoms. The van der Waals surface area contributed by atoms with Gasteiger partial charge in [-0.1, -0.05) is 12.1 Å². The van der Waals surface area contributed by atoms with Gasteiger partial charge >= 0.3 is 5.97 Å². The molecule has 1 aromatic carbocycles. The van der Waals surface area contributed by atoms with Crippen molar-refractivity contribution in [2.24, 2.45) is 0 Å². The van der Waals surface area contributed by atoms with Crippen LogP contribution in [0, 0.1) is 5.82 Å². The van der Waals surface area contributed by atoms with Crippen LogP contribution in [0.3, 0.4) is 0 Å². The molecule has 0 aliphatic carbocycles. The monoisotopic (exact) mass is 249 g/mol. The lowest BCUT2D eigenvalue weighted by Crippen LogP contribution is -2.03. The molecule has 0 atom stereocenters. The molecule has 1 aromatic heterocycles. The molecular weight excluding hydrogens is 237 g/mol. The van der Waals surface area contributed by atoms with Crippen LogP contribution in [-0.2, 0) is 6.54 Å². The molecule has 0 spiro atoms. The van der Waals surface area contributed by atoms with Gasteiger partial charge in [-0.15, -0.1) is 5.10 Å². The Hall–Kier alpha value is -2.24. The first kappa shape index (κ1) is 12.2. The van der Waals surface area contributed by atoms with E-state index in [1.807, 2.05) is 6.92 Å². The number of hydrogen-bond donors (Lipinski definition) is 1. The number of aromatic nitrogens is 3. The zero-order valence-electron chi connectivity index (χ0n) is 9.80. The normalized spacial score (nSPS) is 10.6. The Morgan fingerprint density at radius 1 is 1.44 bits per heavy atom. The molecule has 2 rings (SSSR count). The molecule has 0 unspecified atom stereocenters. The summed E-state index contributed by atoms with van der Waals surface area (Å²) in [5.41, 5.74) is 0.985. The summed E-state index contributed by atoms with van der Waals surface area (Å²) in [6.45, 7) is 2.63. The second-order valence-corrected chi connectivity index (χ2v) is 3.88. The molecule has 0 saturated carbocycles. The van der Waals surface area contributed by atoms with Gasteiger partial charge in [0.25, 0.3) is 0 Å². The third-order valence-electron chi connectivity index (χ3n) is 2.49. The van der Waals surface area contributed by atoms with Gasteiger partial charge in [-0.25, -0.2) is 13.9 Å². The Bertz CT molecular complexity index is 580. The lowest BCUT2D eigenvalue weighted by atomic mass is 10.1. The van der Waals surface area contributed by atoms with Gasteiger partial charge in [0.2, 0.25) is 0 Å². The van der Waals surface area contributed by atoms with E-state index in [4.69, 9.17) is 5.11 Å². The summed E-state index contributed by atoms with van der Waals surface area (Å²) in [5, 5.41) is 16.5. The summed E-state index contributed by atoms with van der Waals surface area (Å²) >= 11 is 0. The SMILES string of the molecule is CCCn1nncc1-c1cc(F)cc(C(=O)O)c1. The van der Waals surface area contributed by atoms with E-state index >= 15 is 0 Å². The summed E-state index contributed by atoms with van der Waals surface area (Å²) in [4.78, 5) is 10.9. The summed E-state index contributed by atoms with van der Waals surface area (Å²) < 4.78 is 15.0. The summed E-state index contributed by atoms with van der Waals surface area (Å²) in [5.74, 6) is -1.75. The van der Waals surface area contributed by atoms with Crippen molar-refractivity contribution in [3.05, 3.63) is 35.8 Å². The second-order valence-electron chi connectivity index (χ2n) is 3.88. The van der Waals surface area contributed by atoms with E-state index in [1.165, 1.54) is 18.3 Å². The van der Waals surface area contributed by atoms with Crippen LogP contribution in [-0.4, -0.2) is 26.1 Å². The van der Waals surface area contributed by atoms with Gasteiger partial charge in [-0.05, 0) is 24.6 Å². The van der Waals surface area contributed by atoms with Gasteiger partial charge in [0.15, 0.2) is 0 Å². The summed E-state index contributed by atoms with van der Waals surface area (Å²) in [6, 6.07) is 3.67. The number of carboxylic acids is 1. The molecule has 1 heterocycles. The first-order chi connectivity index (χ1) is 8.61. The number of aryl methyl sites for hydroxylation is 1. The van der Waals surface area contributed by atoms with Crippen molar-refractivity contribution in [2.45, 2.75) is 19.9 Å². The molecule has 94 valence electrons. The van der Waals surface area contributed by atoms with Crippen molar-refractivity contribution < 1.29 is 14.3 Å². The fraction of sp³-hybridized carbons (Fsp3) is 0.250. The van der Waals surface area contributed by atoms with Crippen LogP contribution in [0.15, 0.2) is 24.4 Å². The first-order valence-electron chi connectivity index (χ1n) is 5.54. The van der Waals surface area contributed by atoms with Crippen LogP contribution < -0.4 is 0 Å². The predicted molar refractivity (Wildman–Crippen MR) is 62.7 cm³/mol. The minimum Gasteiger partial charge on any atom is -0.478 e. The predicted octanol–water partition coefficient (Wildman–Crippen LogP) is 2.19. The van der Waals surface area contributed by atoms with Crippen molar-refractivity contribution in [1.82, 2.24) is 15.0 Å². The van der Waals surface area contributed by atoms with Crippen LogP contribution in [0.2, 0.25) is 0 Å². The van der Waals surface area contributed by atoms with Crippen LogP contribution in [0.1, 0.15) is 23.7 Å². The zero-order chi connectivity index (χ0) is 13.1. The molecule has 2 aromatic rings. The smallest absolute Gasteiger partial charge is 0.335 e. The molecule has 0 saturated heterocycles. The number of carbonyl (C=O) groups is 1. The van der Waals surface area contributed by atoms with Gasteiger partial charge in [-0.2, -0.15) is 0 Å². The molecule has 5 nitrogen and oxygen atoms in total. The lowest BCUT2D eigenvalue weighted by Gasteiger charge is -2.06. The van der Waals surface area contributed by atoms with E-state index in [0.717, 1.165) is 12.5 Å². The van der Waals surface area contributed by atoms with E-state index in [-0.39, 0.29) is 5.56 Å². The average molecular weight is 249 g/mol. The Kier molecular flexibility index (Phi) is 3.36. The first-order valence-corrected chi connectivity index (χ1v) is 5.54. The number of rotatable bonds is 4. The largest absolute Gasteiger partial charge is 0.478 e. The maximum Gasteiger partial charge on any atom is 0.335 e. The zero-order valence-corrected chi connectivity index (χ0v) is 9.80. The second kappa shape index (κ2) is 4.95. The Labute approximate surface area is 103 Å². The molecule has 0 amide bonds. The highest BCUT2D eigenvalue weighted by molar-refractivity contribution is 5.89. The number of aromatic carboxylic acids is 1. The quantitative estimate of drug-likeness (QED) is 0.901. The standard InChI is InChI=1S/C12H12FN3O2/c1-2-3-16-11(7-14-15-16)8-4-9(12(17)18)6-10(13)5-8/h4-7H,2-3H2,1H3,(H,17,18). The number of nitrogens with zero attached hydrogens (tertiary/aromatic N) is 3. The van der Waals surface area contributed by atoms with Crippen molar-refractivity contribution >= 4 is 5.97 Å². The van der Waals surface area contributed by atoms with Crippen molar-refractivity contribution in [1.29, 1.82) is 0 Å². The van der Waals surface area contributed by atoms with Crippen molar-refractivity contribution in [3.8, 4) is 11.3 Å². The fourth-order valence-electron chi connectivity index (χ4n) is 1.72.